The number of hydrogen-bond acceptors (Lipinski definition) is 10. The first-order valence-electron chi connectivity index (χ1n) is 21.4. The van der Waals surface area contributed by atoms with Crippen molar-refractivity contribution in [1.29, 1.82) is 0 Å². The van der Waals surface area contributed by atoms with Gasteiger partial charge in [-0.05, 0) is 108 Å². The molecule has 8 rings (SSSR count). The number of hydrogen-bond donors (Lipinski definition) is 0. The number of aryl methyl sites for hydroxylation is 1. The van der Waals surface area contributed by atoms with Crippen LogP contribution in [0.15, 0.2) is 24.3 Å². The standard InChI is InChI=1S/C46H53F5N6O5/c1-7-29-22-56-30(23-57(29)43(58)62-44(3,4)5)10-12-35-37-40(38(48)39(52-35)33-20-31(61-26-59-6)19-28-9-11-34(47)32(8-2)36(28)33)53-42(54-41(37)56)60-25-45(15-16-45)24-55-17-13-27(14-18-55)21-46(49,50)51/h2,9,11,19-20,27,29-30H,7,10,12-18,21-26H2,1,3-6H3/t29-,30-/m1/s1. The normalized spacial score (nSPS) is 20.5. The maximum absolute atomic E-state index is 17.7. The average molecular weight is 865 g/mol. The lowest BCUT2D eigenvalue weighted by Crippen LogP contribution is -2.60. The van der Waals surface area contributed by atoms with Gasteiger partial charge >= 0.3 is 18.3 Å². The summed E-state index contributed by atoms with van der Waals surface area (Å²) in [6, 6.07) is 5.51. The lowest BCUT2D eigenvalue weighted by Gasteiger charge is -2.46. The van der Waals surface area contributed by atoms with Crippen molar-refractivity contribution < 1.29 is 45.7 Å². The van der Waals surface area contributed by atoms with Gasteiger partial charge in [-0.25, -0.2) is 18.6 Å². The Morgan fingerprint density at radius 1 is 1.00 bits per heavy atom. The number of amides is 1. The fraction of sp³-hybridized carbons (Fsp3) is 0.565. The Kier molecular flexibility index (Phi) is 11.9. The van der Waals surface area contributed by atoms with Crippen molar-refractivity contribution in [2.24, 2.45) is 11.3 Å². The molecule has 2 aromatic heterocycles. The quantitative estimate of drug-likeness (QED) is 0.0825. The van der Waals surface area contributed by atoms with E-state index in [1.165, 1.54) is 13.2 Å². The highest BCUT2D eigenvalue weighted by Gasteiger charge is 2.46. The first-order valence-corrected chi connectivity index (χ1v) is 21.4. The molecule has 2 atom stereocenters. The van der Waals surface area contributed by atoms with Gasteiger partial charge < -0.3 is 33.6 Å². The van der Waals surface area contributed by atoms with Crippen molar-refractivity contribution in [3.8, 4) is 35.4 Å². The number of benzene rings is 2. The number of rotatable bonds is 11. The highest BCUT2D eigenvalue weighted by molar-refractivity contribution is 6.03. The molecule has 62 heavy (non-hydrogen) atoms. The predicted octanol–water partition coefficient (Wildman–Crippen LogP) is 9.06. The topological polar surface area (TPSA) is 102 Å². The van der Waals surface area contributed by atoms with Gasteiger partial charge in [-0.2, -0.15) is 23.1 Å². The van der Waals surface area contributed by atoms with Crippen molar-refractivity contribution in [2.75, 3.05) is 58.1 Å². The van der Waals surface area contributed by atoms with Crippen LogP contribution in [0.1, 0.15) is 83.9 Å². The molecule has 3 aliphatic heterocycles. The summed E-state index contributed by atoms with van der Waals surface area (Å²) in [6.07, 6.45) is 4.75. The van der Waals surface area contributed by atoms with Crippen LogP contribution in [0.25, 0.3) is 32.9 Å². The second-order valence-corrected chi connectivity index (χ2v) is 18.3. The van der Waals surface area contributed by atoms with E-state index < -0.39 is 35.9 Å². The maximum Gasteiger partial charge on any atom is 0.410 e. The van der Waals surface area contributed by atoms with Crippen molar-refractivity contribution in [3.63, 3.8) is 0 Å². The second kappa shape index (κ2) is 16.9. The van der Waals surface area contributed by atoms with Crippen molar-refractivity contribution in [2.45, 2.75) is 103 Å². The fourth-order valence-electron chi connectivity index (χ4n) is 9.33. The number of carbonyl (C=O) groups is 1. The maximum atomic E-state index is 17.7. The Labute approximate surface area is 358 Å². The lowest BCUT2D eigenvalue weighted by atomic mass is 9.92. The third-order valence-electron chi connectivity index (χ3n) is 12.6. The van der Waals surface area contributed by atoms with E-state index >= 15 is 8.78 Å². The number of alkyl halides is 3. The number of terminal acetylenes is 1. The van der Waals surface area contributed by atoms with E-state index in [4.69, 9.17) is 40.3 Å². The smallest absolute Gasteiger partial charge is 0.410 e. The highest BCUT2D eigenvalue weighted by Crippen LogP contribution is 2.48. The molecule has 0 radical (unpaired) electrons. The fourth-order valence-corrected chi connectivity index (χ4v) is 9.33. The van der Waals surface area contributed by atoms with Crippen LogP contribution in [0.4, 0.5) is 32.6 Å². The molecule has 4 aliphatic rings. The number of likely N-dealkylation sites (tertiary alicyclic amines) is 1. The van der Waals surface area contributed by atoms with Gasteiger partial charge in [0.1, 0.15) is 34.2 Å². The summed E-state index contributed by atoms with van der Waals surface area (Å²) in [7, 11) is 1.47. The largest absolute Gasteiger partial charge is 0.468 e. The van der Waals surface area contributed by atoms with Crippen LogP contribution >= 0.6 is 0 Å². The Morgan fingerprint density at radius 3 is 2.42 bits per heavy atom. The zero-order valence-electron chi connectivity index (χ0n) is 35.8. The number of ether oxygens (including phenoxy) is 4. The van der Waals surface area contributed by atoms with Crippen molar-refractivity contribution in [1.82, 2.24) is 24.8 Å². The van der Waals surface area contributed by atoms with Crippen LogP contribution < -0.4 is 14.4 Å². The number of methoxy groups -OCH3 is 1. The third kappa shape index (κ3) is 9.06. The van der Waals surface area contributed by atoms with Crippen molar-refractivity contribution in [3.05, 3.63) is 47.2 Å². The lowest BCUT2D eigenvalue weighted by molar-refractivity contribution is -0.147. The van der Waals surface area contributed by atoms with Gasteiger partial charge in [-0.15, -0.1) is 6.42 Å². The molecule has 1 amide bonds. The van der Waals surface area contributed by atoms with E-state index in [2.05, 4.69) is 15.7 Å². The molecule has 3 fully saturated rings. The summed E-state index contributed by atoms with van der Waals surface area (Å²) < 4.78 is 95.6. The first kappa shape index (κ1) is 43.6. The van der Waals surface area contributed by atoms with Crippen LogP contribution in [-0.2, 0) is 15.9 Å². The summed E-state index contributed by atoms with van der Waals surface area (Å²) in [5, 5.41) is 1.21. The Bertz CT molecular complexity index is 2390. The zero-order chi connectivity index (χ0) is 44.1. The summed E-state index contributed by atoms with van der Waals surface area (Å²) in [6.45, 7) is 10.2. The molecule has 2 saturated heterocycles. The molecule has 332 valence electrons. The van der Waals surface area contributed by atoms with E-state index in [-0.39, 0.29) is 70.6 Å². The molecule has 0 N–H and O–H groups in total. The van der Waals surface area contributed by atoms with Gasteiger partial charge in [0.15, 0.2) is 12.6 Å². The van der Waals surface area contributed by atoms with Gasteiger partial charge in [-0.1, -0.05) is 18.9 Å². The molecule has 1 aliphatic carbocycles. The molecule has 0 unspecified atom stereocenters. The molecular formula is C46H53F5N6O5. The van der Waals surface area contributed by atoms with Gasteiger partial charge in [0.05, 0.1) is 29.3 Å². The summed E-state index contributed by atoms with van der Waals surface area (Å²) in [4.78, 5) is 34.4. The number of piperidine rings is 1. The van der Waals surface area contributed by atoms with Crippen LogP contribution in [0.3, 0.4) is 0 Å². The minimum absolute atomic E-state index is 0.0279. The summed E-state index contributed by atoms with van der Waals surface area (Å²) in [5.41, 5.74) is -0.406. The minimum atomic E-state index is -4.17. The number of carbonyl (C=O) groups excluding carboxylic acids is 1. The van der Waals surface area contributed by atoms with Gasteiger partial charge in [0.25, 0.3) is 0 Å². The Morgan fingerprint density at radius 2 is 1.76 bits per heavy atom. The monoisotopic (exact) mass is 864 g/mol. The first-order chi connectivity index (χ1) is 29.5. The van der Waals surface area contributed by atoms with E-state index in [1.807, 2.05) is 27.7 Å². The van der Waals surface area contributed by atoms with E-state index in [0.29, 0.717) is 92.9 Å². The van der Waals surface area contributed by atoms with Crippen LogP contribution in [0, 0.1) is 35.3 Å². The molecule has 2 aromatic carbocycles. The third-order valence-corrected chi connectivity index (χ3v) is 12.6. The second-order valence-electron chi connectivity index (χ2n) is 18.3. The number of anilines is 1. The Hall–Kier alpha value is -5.01. The molecule has 5 heterocycles. The SMILES string of the molecule is C#Cc1c(F)ccc2cc(OCOC)cc(-c3nc4c5c(nc(OCC6(CN7CCC(CC(F)(F)F)CC7)CC6)nc5c3F)N3C[C@@H](CC)N(C(=O)OC(C)(C)C)C[C@H]3CC4)c12. The molecule has 4 aromatic rings. The van der Waals surface area contributed by atoms with E-state index in [0.717, 1.165) is 12.8 Å². The average Bonchev–Trinajstić information content (AvgIpc) is 4.01. The molecule has 0 bridgehead atoms. The number of aromatic nitrogens is 3. The highest BCUT2D eigenvalue weighted by atomic mass is 19.4. The summed E-state index contributed by atoms with van der Waals surface area (Å²) in [5.74, 6) is 1.41. The van der Waals surface area contributed by atoms with Gasteiger partial charge in [0.2, 0.25) is 0 Å². The van der Waals surface area contributed by atoms with Gasteiger partial charge in [-0.3, -0.25) is 0 Å². The van der Waals surface area contributed by atoms with Gasteiger partial charge in [0, 0.05) is 55.6 Å². The number of fused-ring (bicyclic) bond motifs is 3. The summed E-state index contributed by atoms with van der Waals surface area (Å²) >= 11 is 0. The zero-order valence-corrected chi connectivity index (χ0v) is 35.8. The molecular weight excluding hydrogens is 812 g/mol. The number of nitrogens with zero attached hydrogens (tertiary/aromatic N) is 6. The molecule has 16 heteroatoms. The van der Waals surface area contributed by atoms with E-state index in [1.54, 1.807) is 23.1 Å². The molecule has 1 saturated carbocycles. The minimum Gasteiger partial charge on any atom is -0.468 e. The molecule has 11 nitrogen and oxygen atoms in total. The Balaban J connectivity index is 1.20. The van der Waals surface area contributed by atoms with Crippen LogP contribution in [-0.4, -0.2) is 108 Å². The van der Waals surface area contributed by atoms with Crippen molar-refractivity contribution >= 4 is 33.6 Å². The number of halogens is 5. The molecule has 0 spiro atoms. The van der Waals surface area contributed by atoms with Crippen LogP contribution in [0.2, 0.25) is 0 Å². The number of pyridine rings is 1. The predicted molar refractivity (Wildman–Crippen MR) is 224 cm³/mol. The van der Waals surface area contributed by atoms with Crippen LogP contribution in [0.5, 0.6) is 11.8 Å². The number of piperazine rings is 1. The van der Waals surface area contributed by atoms with E-state index in [9.17, 15) is 18.0 Å².